The molecule has 0 unspecified atom stereocenters. The van der Waals surface area contributed by atoms with Crippen LogP contribution in [0.15, 0.2) is 48.7 Å². The van der Waals surface area contributed by atoms with E-state index in [1.165, 1.54) is 0 Å². The highest BCUT2D eigenvalue weighted by Gasteiger charge is 2.21. The largest absolute Gasteiger partial charge is 0.454 e. The quantitative estimate of drug-likeness (QED) is 0.274. The van der Waals surface area contributed by atoms with Gasteiger partial charge in [0, 0.05) is 42.7 Å². The van der Waals surface area contributed by atoms with Gasteiger partial charge in [-0.15, -0.1) is 0 Å². The number of hydrogen-bond donors (Lipinski definition) is 0. The zero-order valence-corrected chi connectivity index (χ0v) is 19.9. The van der Waals surface area contributed by atoms with Gasteiger partial charge in [-0.1, -0.05) is 30.3 Å². The molecule has 8 heteroatoms. The number of rotatable bonds is 9. The van der Waals surface area contributed by atoms with Crippen molar-refractivity contribution in [3.05, 3.63) is 71.2 Å². The number of aryl methyl sites for hydroxylation is 2. The van der Waals surface area contributed by atoms with Gasteiger partial charge in [-0.05, 0) is 32.9 Å². The maximum Gasteiger partial charge on any atom is 0.339 e. The third-order valence-electron chi connectivity index (χ3n) is 5.93. The molecule has 176 valence electrons. The summed E-state index contributed by atoms with van der Waals surface area (Å²) < 4.78 is 14.4. The topological polar surface area (TPSA) is 88.2 Å². The van der Waals surface area contributed by atoms with E-state index in [2.05, 4.69) is 5.10 Å². The fraction of sp³-hybridized carbons (Fsp3) is 0.308. The number of Topliss-reactive ketones (excluding diaryl/α,β-unsaturated/α-hetero) is 1. The van der Waals surface area contributed by atoms with Crippen molar-refractivity contribution in [2.75, 3.05) is 20.3 Å². The zero-order chi connectivity index (χ0) is 24.2. The van der Waals surface area contributed by atoms with E-state index in [-0.39, 0.29) is 12.4 Å². The van der Waals surface area contributed by atoms with E-state index < -0.39 is 5.97 Å². The molecule has 0 aliphatic heterocycles. The molecule has 0 amide bonds. The molecular formula is C26H28N4O4. The Morgan fingerprint density at radius 1 is 1.06 bits per heavy atom. The van der Waals surface area contributed by atoms with Crippen LogP contribution < -0.4 is 0 Å². The van der Waals surface area contributed by atoms with Gasteiger partial charge < -0.3 is 14.0 Å². The molecular weight excluding hydrogens is 432 g/mol. The smallest absolute Gasteiger partial charge is 0.339 e. The van der Waals surface area contributed by atoms with Gasteiger partial charge in [0.15, 0.2) is 12.3 Å². The fourth-order valence-electron chi connectivity index (χ4n) is 4.10. The van der Waals surface area contributed by atoms with Crippen LogP contribution in [-0.2, 0) is 22.6 Å². The van der Waals surface area contributed by atoms with E-state index in [4.69, 9.17) is 14.5 Å². The van der Waals surface area contributed by atoms with E-state index >= 15 is 0 Å². The number of fused-ring (bicyclic) bond motifs is 1. The van der Waals surface area contributed by atoms with Crippen LogP contribution in [0.25, 0.3) is 22.3 Å². The summed E-state index contributed by atoms with van der Waals surface area (Å²) in [6.45, 7) is 7.25. The molecule has 1 aromatic carbocycles. The number of nitrogens with zero attached hydrogens (tertiary/aromatic N) is 4. The Morgan fingerprint density at radius 3 is 2.53 bits per heavy atom. The van der Waals surface area contributed by atoms with Gasteiger partial charge in [0.2, 0.25) is 5.78 Å². The minimum absolute atomic E-state index is 0.247. The molecule has 4 rings (SSSR count). The average Bonchev–Trinajstić information content (AvgIpc) is 3.40. The first-order valence-corrected chi connectivity index (χ1v) is 11.2. The second kappa shape index (κ2) is 10.0. The summed E-state index contributed by atoms with van der Waals surface area (Å²) in [7, 11) is 1.64. The van der Waals surface area contributed by atoms with Gasteiger partial charge >= 0.3 is 5.97 Å². The highest BCUT2D eigenvalue weighted by atomic mass is 16.5. The first-order chi connectivity index (χ1) is 16.4. The summed E-state index contributed by atoms with van der Waals surface area (Å²) in [6, 6.07) is 13.1. The van der Waals surface area contributed by atoms with Crippen molar-refractivity contribution in [1.82, 2.24) is 19.3 Å². The summed E-state index contributed by atoms with van der Waals surface area (Å²) >= 11 is 0. The molecule has 0 spiro atoms. The van der Waals surface area contributed by atoms with Crippen molar-refractivity contribution in [2.45, 2.75) is 33.9 Å². The van der Waals surface area contributed by atoms with Gasteiger partial charge in [-0.3, -0.25) is 4.79 Å². The van der Waals surface area contributed by atoms with Crippen LogP contribution in [0.4, 0.5) is 0 Å². The van der Waals surface area contributed by atoms with E-state index in [0.29, 0.717) is 47.6 Å². The van der Waals surface area contributed by atoms with E-state index in [1.807, 2.05) is 61.7 Å². The highest BCUT2D eigenvalue weighted by molar-refractivity contribution is 6.05. The average molecular weight is 461 g/mol. The summed E-state index contributed by atoms with van der Waals surface area (Å²) in [5.74, 6) is -0.829. The summed E-state index contributed by atoms with van der Waals surface area (Å²) in [5.41, 5.74) is 4.79. The van der Waals surface area contributed by atoms with Crippen LogP contribution in [0.2, 0.25) is 0 Å². The van der Waals surface area contributed by atoms with Gasteiger partial charge in [0.05, 0.1) is 29.4 Å². The Morgan fingerprint density at radius 2 is 1.82 bits per heavy atom. The zero-order valence-electron chi connectivity index (χ0n) is 19.9. The Labute approximate surface area is 198 Å². The third-order valence-corrected chi connectivity index (χ3v) is 5.93. The Kier molecular flexibility index (Phi) is 6.88. The molecule has 0 saturated carbocycles. The number of hydrogen-bond acceptors (Lipinski definition) is 6. The predicted molar refractivity (Wildman–Crippen MR) is 129 cm³/mol. The molecule has 8 nitrogen and oxygen atoms in total. The fourth-order valence-corrected chi connectivity index (χ4v) is 4.10. The number of methoxy groups -OCH3 is 1. The number of pyridine rings is 1. The van der Waals surface area contributed by atoms with Gasteiger partial charge in [-0.2, -0.15) is 5.10 Å². The number of carbonyl (C=O) groups is 2. The molecule has 34 heavy (non-hydrogen) atoms. The van der Waals surface area contributed by atoms with Crippen LogP contribution in [-0.4, -0.2) is 51.4 Å². The van der Waals surface area contributed by atoms with Crippen LogP contribution >= 0.6 is 0 Å². The van der Waals surface area contributed by atoms with Crippen molar-refractivity contribution in [3.63, 3.8) is 0 Å². The molecule has 0 fully saturated rings. The van der Waals surface area contributed by atoms with Crippen molar-refractivity contribution >= 4 is 22.8 Å². The summed E-state index contributed by atoms with van der Waals surface area (Å²) in [6.07, 6.45) is 1.61. The van der Waals surface area contributed by atoms with Crippen molar-refractivity contribution < 1.29 is 19.1 Å². The molecule has 3 aromatic heterocycles. The van der Waals surface area contributed by atoms with Gasteiger partial charge in [0.25, 0.3) is 0 Å². The number of ether oxygens (including phenoxy) is 2. The van der Waals surface area contributed by atoms with Gasteiger partial charge in [-0.25, -0.2) is 14.5 Å². The molecule has 0 radical (unpaired) electrons. The van der Waals surface area contributed by atoms with Crippen LogP contribution in [0, 0.1) is 13.8 Å². The summed E-state index contributed by atoms with van der Waals surface area (Å²) in [4.78, 5) is 30.7. The lowest BCUT2D eigenvalue weighted by Gasteiger charge is -2.10. The van der Waals surface area contributed by atoms with Crippen molar-refractivity contribution in [2.24, 2.45) is 0 Å². The second-order valence-electron chi connectivity index (χ2n) is 8.05. The first kappa shape index (κ1) is 23.4. The number of aromatic nitrogens is 4. The number of ketones is 1. The second-order valence-corrected chi connectivity index (χ2v) is 8.05. The van der Waals surface area contributed by atoms with Crippen molar-refractivity contribution in [3.8, 4) is 11.3 Å². The minimum atomic E-state index is -0.582. The molecule has 3 heterocycles. The maximum atomic E-state index is 13.1. The van der Waals surface area contributed by atoms with Crippen LogP contribution in [0.1, 0.15) is 39.0 Å². The molecule has 0 atom stereocenters. The molecule has 0 aliphatic rings. The number of carbonyl (C=O) groups excluding carboxylic acids is 2. The standard InChI is InChI=1S/C26H28N4O4/c1-5-30-25-22(15-27-30)21(14-23(28-25)19-9-7-6-8-10-19)26(32)34-16-24(31)20-13-17(2)29(18(20)3)11-12-33-4/h6-10,13-15H,5,11-12,16H2,1-4H3. The van der Waals surface area contributed by atoms with Crippen LogP contribution in [0.5, 0.6) is 0 Å². The monoisotopic (exact) mass is 460 g/mol. The highest BCUT2D eigenvalue weighted by Crippen LogP contribution is 2.26. The molecule has 0 bridgehead atoms. The van der Waals surface area contributed by atoms with E-state index in [0.717, 1.165) is 17.0 Å². The molecule has 0 N–H and O–H groups in total. The Balaban J connectivity index is 1.60. The van der Waals surface area contributed by atoms with E-state index in [1.54, 1.807) is 24.1 Å². The minimum Gasteiger partial charge on any atom is -0.454 e. The van der Waals surface area contributed by atoms with Crippen LogP contribution in [0.3, 0.4) is 0 Å². The molecule has 4 aromatic rings. The maximum absolute atomic E-state index is 13.1. The first-order valence-electron chi connectivity index (χ1n) is 11.2. The Bertz CT molecular complexity index is 1340. The Hall–Kier alpha value is -3.78. The predicted octanol–water partition coefficient (Wildman–Crippen LogP) is 4.22. The molecule has 0 saturated heterocycles. The third kappa shape index (κ3) is 4.49. The van der Waals surface area contributed by atoms with Crippen molar-refractivity contribution in [1.29, 1.82) is 0 Å². The number of benzene rings is 1. The lowest BCUT2D eigenvalue weighted by molar-refractivity contribution is 0.0476. The number of esters is 1. The lowest BCUT2D eigenvalue weighted by Crippen LogP contribution is -2.16. The lowest BCUT2D eigenvalue weighted by atomic mass is 10.1. The SMILES string of the molecule is CCn1ncc2c(C(=O)OCC(=O)c3cc(C)n(CCOC)c3C)cc(-c3ccccc3)nc21. The van der Waals surface area contributed by atoms with E-state index in [9.17, 15) is 9.59 Å². The summed E-state index contributed by atoms with van der Waals surface area (Å²) in [5, 5.41) is 4.94. The normalized spacial score (nSPS) is 11.2. The molecule has 0 aliphatic carbocycles. The van der Waals surface area contributed by atoms with Gasteiger partial charge in [0.1, 0.15) is 0 Å².